The van der Waals surface area contributed by atoms with Gasteiger partial charge in [0.2, 0.25) is 0 Å². The van der Waals surface area contributed by atoms with Gasteiger partial charge in [0.25, 0.3) is 0 Å². The van der Waals surface area contributed by atoms with Gasteiger partial charge in [-0.25, -0.2) is 15.0 Å². The molecule has 0 aliphatic rings. The maximum absolute atomic E-state index is 5.37. The summed E-state index contributed by atoms with van der Waals surface area (Å²) in [7, 11) is 0. The molecule has 5 heteroatoms. The van der Waals surface area contributed by atoms with E-state index in [1.807, 2.05) is 18.2 Å². The zero-order valence-electron chi connectivity index (χ0n) is 35.5. The van der Waals surface area contributed by atoms with Crippen molar-refractivity contribution in [3.8, 4) is 51.0 Å². The van der Waals surface area contributed by atoms with Gasteiger partial charge in [-0.2, -0.15) is 0 Å². The summed E-state index contributed by atoms with van der Waals surface area (Å²) in [6.07, 6.45) is 0. The van der Waals surface area contributed by atoms with Crippen LogP contribution in [0.2, 0.25) is 0 Å². The Labute approximate surface area is 383 Å². The lowest BCUT2D eigenvalue weighted by molar-refractivity contribution is 1.08. The van der Waals surface area contributed by atoms with E-state index in [4.69, 9.17) is 15.0 Å². The molecular formula is C61H36N4S. The van der Waals surface area contributed by atoms with Crippen molar-refractivity contribution in [3.63, 3.8) is 0 Å². The van der Waals surface area contributed by atoms with Crippen molar-refractivity contribution >= 4 is 96.4 Å². The fourth-order valence-corrected chi connectivity index (χ4v) is 11.4. The highest BCUT2D eigenvalue weighted by atomic mass is 32.1. The summed E-state index contributed by atoms with van der Waals surface area (Å²) in [6, 6.07) is 78.9. The highest BCUT2D eigenvalue weighted by Gasteiger charge is 2.22. The van der Waals surface area contributed by atoms with Gasteiger partial charge in [0.1, 0.15) is 0 Å². The summed E-state index contributed by atoms with van der Waals surface area (Å²) in [5, 5.41) is 14.4. The zero-order valence-corrected chi connectivity index (χ0v) is 36.3. The van der Waals surface area contributed by atoms with Gasteiger partial charge in [-0.3, -0.25) is 0 Å². The number of nitrogens with zero attached hydrogens (tertiary/aromatic N) is 4. The lowest BCUT2D eigenvalue weighted by atomic mass is 9.94. The van der Waals surface area contributed by atoms with Crippen LogP contribution in [-0.4, -0.2) is 19.5 Å². The quantitative estimate of drug-likeness (QED) is 0.173. The van der Waals surface area contributed by atoms with E-state index in [0.29, 0.717) is 17.5 Å². The second kappa shape index (κ2) is 14.5. The molecule has 0 N–H and O–H groups in total. The van der Waals surface area contributed by atoms with Gasteiger partial charge < -0.3 is 4.57 Å². The Morgan fingerprint density at radius 2 is 0.924 bits per heavy atom. The third kappa shape index (κ3) is 5.74. The average molecular weight is 857 g/mol. The first-order chi connectivity index (χ1) is 32.7. The minimum atomic E-state index is 0.628. The number of hydrogen-bond acceptors (Lipinski definition) is 4. The maximum Gasteiger partial charge on any atom is 0.164 e. The van der Waals surface area contributed by atoms with Gasteiger partial charge in [-0.05, 0) is 85.9 Å². The predicted octanol–water partition coefficient (Wildman–Crippen LogP) is 16.6. The molecule has 3 heterocycles. The topological polar surface area (TPSA) is 43.6 Å². The lowest BCUT2D eigenvalue weighted by Crippen LogP contribution is -2.02. The molecule has 4 nitrogen and oxygen atoms in total. The summed E-state index contributed by atoms with van der Waals surface area (Å²) in [6.45, 7) is 0. The van der Waals surface area contributed by atoms with Gasteiger partial charge in [-0.15, -0.1) is 11.3 Å². The summed E-state index contributed by atoms with van der Waals surface area (Å²) < 4.78 is 4.98. The maximum atomic E-state index is 5.37. The number of thiophene rings is 1. The van der Waals surface area contributed by atoms with Crippen LogP contribution in [0.4, 0.5) is 0 Å². The van der Waals surface area contributed by atoms with E-state index >= 15 is 0 Å². The monoisotopic (exact) mass is 856 g/mol. The van der Waals surface area contributed by atoms with E-state index in [1.165, 1.54) is 74.3 Å². The van der Waals surface area contributed by atoms with Crippen molar-refractivity contribution in [2.24, 2.45) is 0 Å². The normalized spacial score (nSPS) is 11.9. The van der Waals surface area contributed by atoms with Crippen LogP contribution in [0.25, 0.3) is 136 Å². The summed E-state index contributed by atoms with van der Waals surface area (Å²) in [5.41, 5.74) is 8.62. The standard InChI is InChI=1S/C61H36N4S/c1-2-15-39(16-3-1)59-62-60(43-27-29-49-48-22-10-11-24-56(48)66-57(49)36-43)64-61(63-59)51-31-32-54(52-34-42(26-28-47(51)52)45-23-12-19-37-13-6-8-20-44(37)45)65-55-35-41-18-5-4-17-40(41)33-53(55)50-30-25-38-14-7-9-21-46(38)58(50)65/h1-36H. The molecule has 0 saturated heterocycles. The van der Waals surface area contributed by atoms with E-state index in [9.17, 15) is 0 Å². The van der Waals surface area contributed by atoms with Crippen molar-refractivity contribution in [1.29, 1.82) is 0 Å². The fraction of sp³-hybridized carbons (Fsp3) is 0. The van der Waals surface area contributed by atoms with Gasteiger partial charge in [0.05, 0.1) is 16.7 Å². The summed E-state index contributed by atoms with van der Waals surface area (Å²) >= 11 is 1.80. The molecule has 0 bridgehead atoms. The fourth-order valence-electron chi connectivity index (χ4n) is 10.3. The molecule has 0 saturated carbocycles. The molecule has 11 aromatic carbocycles. The SMILES string of the molecule is c1ccc(-c2nc(-c3ccc4c(c3)sc3ccccc34)nc(-c3ccc(-n4c5cc6ccccc6cc5c5ccc6ccccc6c54)c4cc(-c5cccc6ccccc56)ccc34)n2)cc1. The first kappa shape index (κ1) is 36.9. The Morgan fingerprint density at radius 3 is 1.77 bits per heavy atom. The first-order valence-corrected chi connectivity index (χ1v) is 23.2. The van der Waals surface area contributed by atoms with E-state index < -0.39 is 0 Å². The number of rotatable bonds is 5. The van der Waals surface area contributed by atoms with Crippen LogP contribution in [0.3, 0.4) is 0 Å². The molecule has 0 radical (unpaired) electrons. The Balaban J connectivity index is 1.07. The van der Waals surface area contributed by atoms with Crippen molar-refractivity contribution < 1.29 is 0 Å². The first-order valence-electron chi connectivity index (χ1n) is 22.3. The number of hydrogen-bond donors (Lipinski definition) is 0. The van der Waals surface area contributed by atoms with Crippen LogP contribution in [0, 0.1) is 0 Å². The Kier molecular flexibility index (Phi) is 8.12. The summed E-state index contributed by atoms with van der Waals surface area (Å²) in [4.78, 5) is 15.9. The largest absolute Gasteiger partial charge is 0.308 e. The van der Waals surface area contributed by atoms with Crippen LogP contribution in [0.1, 0.15) is 0 Å². The van der Waals surface area contributed by atoms with Crippen LogP contribution in [0.15, 0.2) is 218 Å². The minimum Gasteiger partial charge on any atom is -0.308 e. The minimum absolute atomic E-state index is 0.628. The van der Waals surface area contributed by atoms with Gasteiger partial charge in [0.15, 0.2) is 17.5 Å². The molecule has 0 fully saturated rings. The van der Waals surface area contributed by atoms with E-state index in [0.717, 1.165) is 44.2 Å². The molecule has 306 valence electrons. The average Bonchev–Trinajstić information content (AvgIpc) is 3.92. The van der Waals surface area contributed by atoms with Gasteiger partial charge in [-0.1, -0.05) is 176 Å². The Bertz CT molecular complexity index is 4290. The van der Waals surface area contributed by atoms with Crippen LogP contribution < -0.4 is 0 Å². The van der Waals surface area contributed by atoms with E-state index in [2.05, 4.69) is 205 Å². The highest BCUT2D eigenvalue weighted by molar-refractivity contribution is 7.25. The highest BCUT2D eigenvalue weighted by Crippen LogP contribution is 2.44. The van der Waals surface area contributed by atoms with Crippen molar-refractivity contribution in [2.75, 3.05) is 0 Å². The van der Waals surface area contributed by atoms with Crippen LogP contribution in [0.5, 0.6) is 0 Å². The van der Waals surface area contributed by atoms with Crippen LogP contribution >= 0.6 is 11.3 Å². The molecule has 14 aromatic rings. The molecule has 0 atom stereocenters. The van der Waals surface area contributed by atoms with Gasteiger partial charge in [0, 0.05) is 58.4 Å². The molecule has 3 aromatic heterocycles. The van der Waals surface area contributed by atoms with Crippen molar-refractivity contribution in [1.82, 2.24) is 19.5 Å². The third-order valence-corrected chi connectivity index (χ3v) is 14.5. The number of fused-ring (bicyclic) bond motifs is 11. The molecule has 14 rings (SSSR count). The second-order valence-corrected chi connectivity index (χ2v) is 18.2. The lowest BCUT2D eigenvalue weighted by Gasteiger charge is -2.17. The Hall–Kier alpha value is -8.51. The number of benzene rings is 11. The van der Waals surface area contributed by atoms with Crippen molar-refractivity contribution in [2.45, 2.75) is 0 Å². The molecule has 0 spiro atoms. The predicted molar refractivity (Wildman–Crippen MR) is 279 cm³/mol. The molecule has 0 amide bonds. The Morgan fingerprint density at radius 1 is 0.303 bits per heavy atom. The molecule has 0 aliphatic carbocycles. The molecular weight excluding hydrogens is 821 g/mol. The van der Waals surface area contributed by atoms with Gasteiger partial charge >= 0.3 is 0 Å². The van der Waals surface area contributed by atoms with Crippen molar-refractivity contribution in [3.05, 3.63) is 218 Å². The number of aromatic nitrogens is 4. The molecule has 0 unspecified atom stereocenters. The van der Waals surface area contributed by atoms with E-state index in [-0.39, 0.29) is 0 Å². The molecule has 66 heavy (non-hydrogen) atoms. The van der Waals surface area contributed by atoms with Crippen LogP contribution in [-0.2, 0) is 0 Å². The smallest absolute Gasteiger partial charge is 0.164 e. The van der Waals surface area contributed by atoms with E-state index in [1.54, 1.807) is 11.3 Å². The second-order valence-electron chi connectivity index (χ2n) is 17.1. The molecule has 0 aliphatic heterocycles. The third-order valence-electron chi connectivity index (χ3n) is 13.4. The zero-order chi connectivity index (χ0) is 43.3. The summed E-state index contributed by atoms with van der Waals surface area (Å²) in [5.74, 6) is 1.91.